The summed E-state index contributed by atoms with van der Waals surface area (Å²) in [4.78, 5) is 10.9. The number of non-ortho nitro benzene ring substituents is 1. The number of nitro benzene ring substituents is 1. The summed E-state index contributed by atoms with van der Waals surface area (Å²) in [6.07, 6.45) is 3.07. The van der Waals surface area contributed by atoms with E-state index in [1.165, 1.54) is 10.6 Å². The summed E-state index contributed by atoms with van der Waals surface area (Å²) in [5.41, 5.74) is 2.29. The largest absolute Gasteiger partial charge is 0.494 e. The van der Waals surface area contributed by atoms with E-state index in [1.807, 2.05) is 0 Å². The van der Waals surface area contributed by atoms with Crippen LogP contribution in [0.15, 0.2) is 36.4 Å². The monoisotopic (exact) mass is 336 g/mol. The lowest BCUT2D eigenvalue weighted by atomic mass is 9.95. The van der Waals surface area contributed by atoms with Crippen molar-refractivity contribution in [3.05, 3.63) is 57.6 Å². The van der Waals surface area contributed by atoms with Gasteiger partial charge in [-0.2, -0.15) is 0 Å². The van der Waals surface area contributed by atoms with Gasteiger partial charge in [-0.25, -0.2) is 0 Å². The SMILES string of the molecule is O=[N+]([O-])c1ccc(-n2c(O)c3c(c2O)[C@H]2CC[C@@H]3C2)c2ccccc12. The molecule has 126 valence electrons. The first-order valence-corrected chi connectivity index (χ1v) is 8.41. The first kappa shape index (κ1) is 14.3. The Bertz CT molecular complexity index is 1020. The van der Waals surface area contributed by atoms with Gasteiger partial charge >= 0.3 is 0 Å². The Kier molecular flexibility index (Phi) is 2.72. The molecule has 2 aliphatic rings. The smallest absolute Gasteiger partial charge is 0.277 e. The second-order valence-electron chi connectivity index (χ2n) is 6.92. The predicted octanol–water partition coefficient (Wildman–Crippen LogP) is 4.31. The number of hydrogen-bond acceptors (Lipinski definition) is 4. The van der Waals surface area contributed by atoms with Crippen LogP contribution in [0.25, 0.3) is 16.5 Å². The van der Waals surface area contributed by atoms with Crippen molar-refractivity contribution < 1.29 is 15.1 Å². The Labute approximate surface area is 143 Å². The van der Waals surface area contributed by atoms with Crippen molar-refractivity contribution in [3.8, 4) is 17.4 Å². The normalized spacial score (nSPS) is 21.0. The van der Waals surface area contributed by atoms with Crippen molar-refractivity contribution in [2.75, 3.05) is 0 Å². The van der Waals surface area contributed by atoms with Gasteiger partial charge in [-0.1, -0.05) is 18.2 Å². The maximum absolute atomic E-state index is 11.3. The van der Waals surface area contributed by atoms with Crippen molar-refractivity contribution in [1.82, 2.24) is 4.57 Å². The Morgan fingerprint density at radius 2 is 1.56 bits per heavy atom. The Hall–Kier alpha value is -3.02. The average Bonchev–Trinajstić information content (AvgIpc) is 3.28. The van der Waals surface area contributed by atoms with E-state index < -0.39 is 4.92 Å². The standard InChI is InChI=1S/C19H16N2O4/c22-18-16-10-5-6-11(9-10)17(16)19(23)20(18)14-7-8-15(21(24)25)13-4-2-1-3-12(13)14/h1-4,7-8,10-11,22-23H,5-6,9H2/t10-,11+. The number of rotatable bonds is 2. The van der Waals surface area contributed by atoms with Crippen molar-refractivity contribution in [1.29, 1.82) is 0 Å². The van der Waals surface area contributed by atoms with Gasteiger partial charge < -0.3 is 10.2 Å². The summed E-state index contributed by atoms with van der Waals surface area (Å²) in [5.74, 6) is 0.741. The molecule has 5 rings (SSSR count). The molecule has 6 heteroatoms. The fourth-order valence-corrected chi connectivity index (χ4v) is 4.74. The van der Waals surface area contributed by atoms with E-state index in [2.05, 4.69) is 0 Å². The number of aromatic hydroxyl groups is 2. The van der Waals surface area contributed by atoms with Gasteiger partial charge in [0.15, 0.2) is 0 Å². The van der Waals surface area contributed by atoms with Crippen molar-refractivity contribution in [2.24, 2.45) is 0 Å². The minimum absolute atomic E-state index is 0.0121. The number of aromatic nitrogens is 1. The van der Waals surface area contributed by atoms with Gasteiger partial charge in [-0.05, 0) is 43.2 Å². The topological polar surface area (TPSA) is 88.5 Å². The van der Waals surface area contributed by atoms with Crippen LogP contribution >= 0.6 is 0 Å². The predicted molar refractivity (Wildman–Crippen MR) is 92.6 cm³/mol. The highest BCUT2D eigenvalue weighted by molar-refractivity contribution is 5.97. The molecule has 0 spiro atoms. The fraction of sp³-hybridized carbons (Fsp3) is 0.263. The van der Waals surface area contributed by atoms with E-state index in [-0.39, 0.29) is 17.4 Å². The number of nitrogens with zero attached hydrogens (tertiary/aromatic N) is 2. The summed E-state index contributed by atoms with van der Waals surface area (Å²) >= 11 is 0. The van der Waals surface area contributed by atoms with Crippen LogP contribution in [-0.2, 0) is 0 Å². The highest BCUT2D eigenvalue weighted by atomic mass is 16.6. The van der Waals surface area contributed by atoms with Crippen LogP contribution in [0.5, 0.6) is 11.8 Å². The number of fused-ring (bicyclic) bond motifs is 6. The molecule has 1 aromatic heterocycles. The van der Waals surface area contributed by atoms with E-state index in [0.717, 1.165) is 30.4 Å². The number of benzene rings is 2. The van der Waals surface area contributed by atoms with Gasteiger partial charge in [0, 0.05) is 22.6 Å². The molecule has 2 atom stereocenters. The molecular formula is C19H16N2O4. The van der Waals surface area contributed by atoms with Crippen LogP contribution in [0.3, 0.4) is 0 Å². The number of hydrogen-bond donors (Lipinski definition) is 2. The molecule has 6 nitrogen and oxygen atoms in total. The van der Waals surface area contributed by atoms with Crippen molar-refractivity contribution in [2.45, 2.75) is 31.1 Å². The van der Waals surface area contributed by atoms with Gasteiger partial charge in [0.25, 0.3) is 5.69 Å². The quantitative estimate of drug-likeness (QED) is 0.539. The third-order valence-corrected chi connectivity index (χ3v) is 5.76. The van der Waals surface area contributed by atoms with Crippen molar-refractivity contribution in [3.63, 3.8) is 0 Å². The van der Waals surface area contributed by atoms with Crippen LogP contribution in [0, 0.1) is 10.1 Å². The molecule has 2 aromatic carbocycles. The lowest BCUT2D eigenvalue weighted by Crippen LogP contribution is -1.98. The molecule has 1 saturated carbocycles. The summed E-state index contributed by atoms with van der Waals surface area (Å²) < 4.78 is 1.45. The summed E-state index contributed by atoms with van der Waals surface area (Å²) in [5, 5.41) is 34.0. The second-order valence-corrected chi connectivity index (χ2v) is 6.92. The van der Waals surface area contributed by atoms with Crippen LogP contribution in [0.1, 0.15) is 42.2 Å². The summed E-state index contributed by atoms with van der Waals surface area (Å²) in [7, 11) is 0. The van der Waals surface area contributed by atoms with Gasteiger partial charge in [0.05, 0.1) is 16.0 Å². The first-order chi connectivity index (χ1) is 12.1. The van der Waals surface area contributed by atoms with Crippen LogP contribution in [-0.4, -0.2) is 19.7 Å². The molecule has 0 saturated heterocycles. The van der Waals surface area contributed by atoms with E-state index in [0.29, 0.717) is 28.3 Å². The molecule has 0 amide bonds. The van der Waals surface area contributed by atoms with Crippen LogP contribution in [0.2, 0.25) is 0 Å². The second kappa shape index (κ2) is 4.75. The van der Waals surface area contributed by atoms with Gasteiger partial charge in [0.1, 0.15) is 0 Å². The summed E-state index contributed by atoms with van der Waals surface area (Å²) in [6, 6.07) is 10.0. The Balaban J connectivity index is 1.82. The van der Waals surface area contributed by atoms with Gasteiger partial charge in [0.2, 0.25) is 11.8 Å². The van der Waals surface area contributed by atoms with Gasteiger partial charge in [-0.3, -0.25) is 14.7 Å². The third kappa shape index (κ3) is 1.74. The highest BCUT2D eigenvalue weighted by Gasteiger charge is 2.44. The lowest BCUT2D eigenvalue weighted by Gasteiger charge is -2.12. The highest BCUT2D eigenvalue weighted by Crippen LogP contribution is 2.60. The maximum Gasteiger partial charge on any atom is 0.277 e. The van der Waals surface area contributed by atoms with Crippen LogP contribution < -0.4 is 0 Å². The molecule has 2 bridgehead atoms. The fourth-order valence-electron chi connectivity index (χ4n) is 4.74. The van der Waals surface area contributed by atoms with Crippen molar-refractivity contribution >= 4 is 16.5 Å². The number of nitro groups is 1. The Morgan fingerprint density at radius 3 is 2.16 bits per heavy atom. The maximum atomic E-state index is 11.3. The lowest BCUT2D eigenvalue weighted by molar-refractivity contribution is -0.383. The molecule has 25 heavy (non-hydrogen) atoms. The molecule has 2 N–H and O–H groups in total. The molecule has 0 radical (unpaired) electrons. The first-order valence-electron chi connectivity index (χ1n) is 8.41. The minimum atomic E-state index is -0.415. The molecule has 1 heterocycles. The molecule has 1 fully saturated rings. The molecular weight excluding hydrogens is 320 g/mol. The van der Waals surface area contributed by atoms with E-state index in [9.17, 15) is 20.3 Å². The zero-order valence-electron chi connectivity index (χ0n) is 13.3. The zero-order valence-corrected chi connectivity index (χ0v) is 13.3. The zero-order chi connectivity index (χ0) is 17.3. The Morgan fingerprint density at radius 1 is 0.960 bits per heavy atom. The average molecular weight is 336 g/mol. The minimum Gasteiger partial charge on any atom is -0.494 e. The van der Waals surface area contributed by atoms with Crippen LogP contribution in [0.4, 0.5) is 5.69 Å². The van der Waals surface area contributed by atoms with Gasteiger partial charge in [-0.15, -0.1) is 0 Å². The molecule has 2 aliphatic carbocycles. The third-order valence-electron chi connectivity index (χ3n) is 5.76. The summed E-state index contributed by atoms with van der Waals surface area (Å²) in [6.45, 7) is 0. The van der Waals surface area contributed by atoms with E-state index in [4.69, 9.17) is 0 Å². The van der Waals surface area contributed by atoms with E-state index >= 15 is 0 Å². The molecule has 0 unspecified atom stereocenters. The molecule has 0 aliphatic heterocycles. The van der Waals surface area contributed by atoms with E-state index in [1.54, 1.807) is 30.3 Å². The molecule has 3 aromatic rings.